The lowest BCUT2D eigenvalue weighted by molar-refractivity contribution is -0.137. The van der Waals surface area contributed by atoms with Crippen molar-refractivity contribution in [1.82, 2.24) is 20.6 Å². The van der Waals surface area contributed by atoms with E-state index in [2.05, 4.69) is 31.2 Å². The number of amides is 2. The number of halogens is 4. The maximum atomic E-state index is 13.4. The number of nitrogens with one attached hydrogen (secondary N) is 4. The van der Waals surface area contributed by atoms with E-state index in [1.807, 2.05) is 20.8 Å². The third kappa shape index (κ3) is 7.28. The van der Waals surface area contributed by atoms with Crippen LogP contribution in [0.4, 0.5) is 24.7 Å². The minimum absolute atomic E-state index is 0.120. The number of anilines is 2. The average molecular weight is 625 g/mol. The molecule has 0 radical (unpaired) electrons. The second kappa shape index (κ2) is 12.4. The number of aromatic nitrogens is 2. The van der Waals surface area contributed by atoms with Gasteiger partial charge in [-0.3, -0.25) is 9.59 Å². The molecule has 1 fully saturated rings. The van der Waals surface area contributed by atoms with E-state index in [9.17, 15) is 22.8 Å². The number of carbonyl (C=O) groups is 2. The van der Waals surface area contributed by atoms with Gasteiger partial charge in [0.25, 0.3) is 5.91 Å². The second-order valence-corrected chi connectivity index (χ2v) is 12.2. The fourth-order valence-electron chi connectivity index (χ4n) is 4.54. The molecule has 0 atom stereocenters. The first-order chi connectivity index (χ1) is 20.8. The number of carbonyl (C=O) groups excluding carboxylic acids is 2. The van der Waals surface area contributed by atoms with Crippen molar-refractivity contribution in [3.63, 3.8) is 0 Å². The van der Waals surface area contributed by atoms with E-state index in [0.717, 1.165) is 25.2 Å². The maximum Gasteiger partial charge on any atom is 0.416 e. The zero-order valence-corrected chi connectivity index (χ0v) is 25.2. The largest absolute Gasteiger partial charge is 0.416 e. The van der Waals surface area contributed by atoms with E-state index in [1.165, 1.54) is 12.1 Å². The Labute approximate surface area is 257 Å². The van der Waals surface area contributed by atoms with Gasteiger partial charge in [0.05, 0.1) is 21.7 Å². The van der Waals surface area contributed by atoms with Crippen LogP contribution in [0.25, 0.3) is 22.3 Å². The van der Waals surface area contributed by atoms with Crippen LogP contribution >= 0.6 is 11.6 Å². The van der Waals surface area contributed by atoms with Crippen molar-refractivity contribution < 1.29 is 22.8 Å². The summed E-state index contributed by atoms with van der Waals surface area (Å²) < 4.78 is 40.3. The number of benzene rings is 3. The van der Waals surface area contributed by atoms with E-state index in [-0.39, 0.29) is 34.4 Å². The van der Waals surface area contributed by atoms with E-state index in [1.54, 1.807) is 36.4 Å². The molecule has 1 aliphatic heterocycles. The third-order valence-electron chi connectivity index (χ3n) is 7.24. The molecule has 8 nitrogen and oxygen atoms in total. The molecule has 2 amide bonds. The Hall–Kier alpha value is -4.22. The summed E-state index contributed by atoms with van der Waals surface area (Å²) in [5.41, 5.74) is 0.622. The third-order valence-corrected chi connectivity index (χ3v) is 7.57. The molecule has 3 aromatic carbocycles. The quantitative estimate of drug-likeness (QED) is 0.178. The summed E-state index contributed by atoms with van der Waals surface area (Å²) in [6.07, 6.45) is -4.51. The zero-order valence-electron chi connectivity index (χ0n) is 24.4. The number of alkyl halides is 3. The first-order valence-corrected chi connectivity index (χ1v) is 14.5. The van der Waals surface area contributed by atoms with Crippen molar-refractivity contribution in [2.45, 2.75) is 33.5 Å². The number of nitrogens with zero attached hydrogens (tertiary/aromatic N) is 2. The number of hydrogen-bond acceptors (Lipinski definition) is 6. The van der Waals surface area contributed by atoms with Crippen molar-refractivity contribution in [2.75, 3.05) is 30.3 Å². The van der Waals surface area contributed by atoms with Gasteiger partial charge in [-0.05, 0) is 48.0 Å². The molecular formula is C32H32ClF3N6O2. The van der Waals surface area contributed by atoms with Crippen LogP contribution in [-0.4, -0.2) is 41.4 Å². The lowest BCUT2D eigenvalue weighted by Crippen LogP contribution is -2.45. The minimum atomic E-state index is -4.51. The molecule has 4 aromatic rings. The zero-order chi connectivity index (χ0) is 31.6. The fraction of sp³-hybridized carbons (Fsp3) is 0.312. The van der Waals surface area contributed by atoms with Crippen molar-refractivity contribution >= 4 is 45.8 Å². The molecule has 4 N–H and O–H groups in total. The minimum Gasteiger partial charge on any atom is -0.369 e. The highest BCUT2D eigenvalue weighted by Crippen LogP contribution is 2.33. The van der Waals surface area contributed by atoms with Gasteiger partial charge >= 0.3 is 6.18 Å². The van der Waals surface area contributed by atoms with Gasteiger partial charge in [0, 0.05) is 54.1 Å². The van der Waals surface area contributed by atoms with Crippen molar-refractivity contribution in [2.24, 2.45) is 11.3 Å². The average Bonchev–Trinajstić information content (AvgIpc) is 2.94. The highest BCUT2D eigenvalue weighted by Gasteiger charge is 2.31. The summed E-state index contributed by atoms with van der Waals surface area (Å²) in [5.74, 6) is 0.410. The van der Waals surface area contributed by atoms with Crippen LogP contribution in [0.1, 0.15) is 42.3 Å². The van der Waals surface area contributed by atoms with Gasteiger partial charge in [0.15, 0.2) is 5.82 Å². The molecule has 1 saturated heterocycles. The van der Waals surface area contributed by atoms with Gasteiger partial charge in [0.1, 0.15) is 5.82 Å². The maximum absolute atomic E-state index is 13.4. The van der Waals surface area contributed by atoms with E-state index in [0.29, 0.717) is 40.4 Å². The molecule has 0 aliphatic carbocycles. The monoisotopic (exact) mass is 624 g/mol. The first kappa shape index (κ1) is 31.2. The summed E-state index contributed by atoms with van der Waals surface area (Å²) in [4.78, 5) is 34.7. The van der Waals surface area contributed by atoms with Crippen LogP contribution in [0.2, 0.25) is 5.02 Å². The van der Waals surface area contributed by atoms with E-state index in [4.69, 9.17) is 11.6 Å². The predicted octanol–water partition coefficient (Wildman–Crippen LogP) is 6.51. The number of fused-ring (bicyclic) bond motifs is 1. The molecular weight excluding hydrogens is 593 g/mol. The first-order valence-electron chi connectivity index (χ1n) is 14.1. The Morgan fingerprint density at radius 2 is 1.77 bits per heavy atom. The molecule has 0 bridgehead atoms. The normalized spacial score (nSPS) is 13.8. The Balaban J connectivity index is 1.44. The fourth-order valence-corrected chi connectivity index (χ4v) is 4.75. The van der Waals surface area contributed by atoms with Gasteiger partial charge in [-0.1, -0.05) is 50.6 Å². The van der Waals surface area contributed by atoms with Gasteiger partial charge in [-0.15, -0.1) is 0 Å². The molecule has 44 heavy (non-hydrogen) atoms. The summed E-state index contributed by atoms with van der Waals surface area (Å²) in [7, 11) is 0. The van der Waals surface area contributed by atoms with Crippen molar-refractivity contribution in [3.05, 3.63) is 82.4 Å². The molecule has 1 aromatic heterocycles. The standard InChI is InChI=1S/C32H32ClF3N6O2/c1-31(2,3)30(44)39-16-18-7-10-25(33)24(11-18)29(43)40-22-8-9-23-26(13-22)41-27(42-28(23)38-17-19-14-37-15-19)20-5-4-6-21(12-20)32(34,35)36/h4-13,19,37H,14-17H2,1-3H3,(H,39,44)(H,40,43)(H,38,41,42). The van der Waals surface area contributed by atoms with Crippen LogP contribution in [-0.2, 0) is 17.5 Å². The Morgan fingerprint density at radius 1 is 1.00 bits per heavy atom. The molecule has 2 heterocycles. The molecule has 230 valence electrons. The highest BCUT2D eigenvalue weighted by atomic mass is 35.5. The van der Waals surface area contributed by atoms with Gasteiger partial charge in [-0.2, -0.15) is 13.2 Å². The topological polar surface area (TPSA) is 108 Å². The lowest BCUT2D eigenvalue weighted by Gasteiger charge is -2.27. The summed E-state index contributed by atoms with van der Waals surface area (Å²) >= 11 is 6.36. The molecule has 1 aliphatic rings. The van der Waals surface area contributed by atoms with E-state index >= 15 is 0 Å². The van der Waals surface area contributed by atoms with Gasteiger partial charge in [-0.25, -0.2) is 9.97 Å². The molecule has 12 heteroatoms. The van der Waals surface area contributed by atoms with Crippen LogP contribution in [0, 0.1) is 11.3 Å². The van der Waals surface area contributed by atoms with Gasteiger partial charge < -0.3 is 21.3 Å². The SMILES string of the molecule is CC(C)(C)C(=O)NCc1ccc(Cl)c(C(=O)Nc2ccc3c(NCC4CNC4)nc(-c4cccc(C(F)(F)F)c4)nc3c2)c1. The number of rotatable bonds is 8. The molecule has 0 spiro atoms. The van der Waals surface area contributed by atoms with Gasteiger partial charge in [0.2, 0.25) is 5.91 Å². The highest BCUT2D eigenvalue weighted by molar-refractivity contribution is 6.34. The molecule has 0 saturated carbocycles. The number of hydrogen-bond donors (Lipinski definition) is 4. The van der Waals surface area contributed by atoms with Crippen LogP contribution in [0.15, 0.2) is 60.7 Å². The van der Waals surface area contributed by atoms with Crippen LogP contribution in [0.5, 0.6) is 0 Å². The predicted molar refractivity (Wildman–Crippen MR) is 166 cm³/mol. The van der Waals surface area contributed by atoms with E-state index < -0.39 is 23.1 Å². The Morgan fingerprint density at radius 3 is 2.45 bits per heavy atom. The Bertz CT molecular complexity index is 1720. The summed E-state index contributed by atoms with van der Waals surface area (Å²) in [6, 6.07) is 14.9. The van der Waals surface area contributed by atoms with Crippen LogP contribution in [0.3, 0.4) is 0 Å². The lowest BCUT2D eigenvalue weighted by atomic mass is 9.95. The molecule has 5 rings (SSSR count). The van der Waals surface area contributed by atoms with Crippen molar-refractivity contribution in [3.8, 4) is 11.4 Å². The second-order valence-electron chi connectivity index (χ2n) is 11.8. The van der Waals surface area contributed by atoms with Crippen molar-refractivity contribution in [1.29, 1.82) is 0 Å². The smallest absolute Gasteiger partial charge is 0.369 e. The summed E-state index contributed by atoms with van der Waals surface area (Å²) in [6.45, 7) is 8.01. The summed E-state index contributed by atoms with van der Waals surface area (Å²) in [5, 5.41) is 13.1. The van der Waals surface area contributed by atoms with Crippen LogP contribution < -0.4 is 21.3 Å². The Kier molecular flexibility index (Phi) is 8.80. The molecule has 0 unspecified atom stereocenters.